The van der Waals surface area contributed by atoms with Crippen molar-refractivity contribution in [2.45, 2.75) is 26.3 Å². The third-order valence-corrected chi connectivity index (χ3v) is 4.91. The molecule has 3 aromatic heterocycles. The molecule has 4 heterocycles. The number of nitrogens with one attached hydrogen (secondary N) is 1. The van der Waals surface area contributed by atoms with E-state index in [0.717, 1.165) is 42.0 Å². The summed E-state index contributed by atoms with van der Waals surface area (Å²) in [5.74, 6) is 1.37. The quantitative estimate of drug-likeness (QED) is 0.749. The van der Waals surface area contributed by atoms with Crippen LogP contribution in [0.5, 0.6) is 0 Å². The van der Waals surface area contributed by atoms with Gasteiger partial charge < -0.3 is 10.2 Å². The fraction of sp³-hybridized carbons (Fsp3) is 0.350. The van der Waals surface area contributed by atoms with Gasteiger partial charge >= 0.3 is 0 Å². The van der Waals surface area contributed by atoms with Crippen molar-refractivity contribution >= 4 is 11.8 Å². The smallest absolute Gasteiger partial charge is 0.225 e. The molecule has 4 rings (SSSR count). The Morgan fingerprint density at radius 2 is 2.14 bits per heavy atom. The molecule has 0 spiro atoms. The standard InChI is InChI=1S/C20H22N8/c1-13-8-14(2)24-19(17(13)9-21)25-16-5-7-28(12-16)20-22-6-4-18(26-20)15-10-23-27(3)11-15/h4,6,8,10-11,16H,5,7,12H2,1-3H3,(H,24,25). The van der Waals surface area contributed by atoms with Gasteiger partial charge in [0.05, 0.1) is 17.5 Å². The van der Waals surface area contributed by atoms with Gasteiger partial charge in [0.25, 0.3) is 0 Å². The molecule has 0 aliphatic carbocycles. The summed E-state index contributed by atoms with van der Waals surface area (Å²) in [5.41, 5.74) is 4.29. The van der Waals surface area contributed by atoms with Crippen molar-refractivity contribution in [2.75, 3.05) is 23.3 Å². The Hall–Kier alpha value is -3.47. The lowest BCUT2D eigenvalue weighted by Crippen LogP contribution is -2.28. The molecule has 1 fully saturated rings. The van der Waals surface area contributed by atoms with Crippen molar-refractivity contribution in [1.82, 2.24) is 24.7 Å². The highest BCUT2D eigenvalue weighted by atomic mass is 15.3. The van der Waals surface area contributed by atoms with Crippen molar-refractivity contribution in [3.05, 3.63) is 47.5 Å². The first kappa shape index (κ1) is 17.9. The minimum absolute atomic E-state index is 0.187. The van der Waals surface area contributed by atoms with E-state index < -0.39 is 0 Å². The molecule has 1 unspecified atom stereocenters. The van der Waals surface area contributed by atoms with Gasteiger partial charge in [0, 0.05) is 49.8 Å². The minimum Gasteiger partial charge on any atom is -0.364 e. The van der Waals surface area contributed by atoms with Crippen molar-refractivity contribution in [2.24, 2.45) is 7.05 Å². The number of hydrogen-bond donors (Lipinski definition) is 1. The summed E-state index contributed by atoms with van der Waals surface area (Å²) in [6, 6.07) is 6.28. The first-order valence-electron chi connectivity index (χ1n) is 9.25. The summed E-state index contributed by atoms with van der Waals surface area (Å²) >= 11 is 0. The van der Waals surface area contributed by atoms with E-state index in [0.29, 0.717) is 17.3 Å². The number of pyridine rings is 1. The molecule has 3 aromatic rings. The Balaban J connectivity index is 1.50. The van der Waals surface area contributed by atoms with Crippen LogP contribution in [0.3, 0.4) is 0 Å². The summed E-state index contributed by atoms with van der Waals surface area (Å²) in [7, 11) is 1.89. The second-order valence-electron chi connectivity index (χ2n) is 7.14. The highest BCUT2D eigenvalue weighted by Gasteiger charge is 2.26. The molecule has 1 aliphatic rings. The summed E-state index contributed by atoms with van der Waals surface area (Å²) in [4.78, 5) is 15.8. The van der Waals surface area contributed by atoms with E-state index in [2.05, 4.69) is 31.4 Å². The predicted molar refractivity (Wildman–Crippen MR) is 107 cm³/mol. The zero-order valence-electron chi connectivity index (χ0n) is 16.2. The summed E-state index contributed by atoms with van der Waals surface area (Å²) in [5, 5.41) is 17.1. The van der Waals surface area contributed by atoms with Gasteiger partial charge in [-0.1, -0.05) is 0 Å². The van der Waals surface area contributed by atoms with E-state index in [1.54, 1.807) is 17.1 Å². The van der Waals surface area contributed by atoms with Crippen molar-refractivity contribution in [3.8, 4) is 17.3 Å². The van der Waals surface area contributed by atoms with Gasteiger partial charge in [-0.05, 0) is 38.0 Å². The molecule has 1 atom stereocenters. The fourth-order valence-corrected chi connectivity index (χ4v) is 3.55. The summed E-state index contributed by atoms with van der Waals surface area (Å²) in [6.07, 6.45) is 6.45. The number of hydrogen-bond acceptors (Lipinski definition) is 7. The third kappa shape index (κ3) is 3.51. The Morgan fingerprint density at radius 3 is 2.89 bits per heavy atom. The third-order valence-electron chi connectivity index (χ3n) is 4.91. The Kier molecular flexibility index (Phi) is 4.65. The summed E-state index contributed by atoms with van der Waals surface area (Å²) < 4.78 is 1.76. The minimum atomic E-state index is 0.187. The van der Waals surface area contributed by atoms with Crippen LogP contribution in [-0.4, -0.2) is 43.9 Å². The van der Waals surface area contributed by atoms with Crippen LogP contribution in [0.15, 0.2) is 30.7 Å². The van der Waals surface area contributed by atoms with Gasteiger partial charge in [-0.25, -0.2) is 15.0 Å². The lowest BCUT2D eigenvalue weighted by atomic mass is 10.1. The monoisotopic (exact) mass is 374 g/mol. The summed E-state index contributed by atoms with van der Waals surface area (Å²) in [6.45, 7) is 5.49. The Morgan fingerprint density at radius 1 is 1.29 bits per heavy atom. The number of nitrogens with zero attached hydrogens (tertiary/aromatic N) is 7. The first-order valence-corrected chi connectivity index (χ1v) is 9.25. The molecule has 0 amide bonds. The SMILES string of the molecule is Cc1cc(C)c(C#N)c(NC2CCN(c3nccc(-c4cnn(C)c4)n3)C2)n1. The molecule has 0 aromatic carbocycles. The number of aryl methyl sites for hydroxylation is 3. The van der Waals surface area contributed by atoms with E-state index in [9.17, 15) is 5.26 Å². The number of rotatable bonds is 4. The van der Waals surface area contributed by atoms with Crippen LogP contribution in [0.4, 0.5) is 11.8 Å². The van der Waals surface area contributed by atoms with Crippen molar-refractivity contribution in [3.63, 3.8) is 0 Å². The van der Waals surface area contributed by atoms with Gasteiger partial charge in [0.1, 0.15) is 11.9 Å². The van der Waals surface area contributed by atoms with Crippen molar-refractivity contribution in [1.29, 1.82) is 5.26 Å². The van der Waals surface area contributed by atoms with Crippen molar-refractivity contribution < 1.29 is 0 Å². The van der Waals surface area contributed by atoms with Gasteiger partial charge in [0.15, 0.2) is 0 Å². The van der Waals surface area contributed by atoms with Crippen LogP contribution >= 0.6 is 0 Å². The molecule has 28 heavy (non-hydrogen) atoms. The van der Waals surface area contributed by atoms with E-state index >= 15 is 0 Å². The topological polar surface area (TPSA) is 95.6 Å². The molecule has 8 heteroatoms. The molecule has 1 N–H and O–H groups in total. The molecule has 142 valence electrons. The molecule has 0 radical (unpaired) electrons. The van der Waals surface area contributed by atoms with Crippen LogP contribution in [-0.2, 0) is 7.05 Å². The van der Waals surface area contributed by atoms with Crippen LogP contribution in [0.2, 0.25) is 0 Å². The fourth-order valence-electron chi connectivity index (χ4n) is 3.55. The number of aromatic nitrogens is 5. The molecule has 0 bridgehead atoms. The highest BCUT2D eigenvalue weighted by molar-refractivity contribution is 5.59. The average molecular weight is 374 g/mol. The van der Waals surface area contributed by atoms with Crippen LogP contribution in [0.25, 0.3) is 11.3 Å². The maximum Gasteiger partial charge on any atom is 0.225 e. The first-order chi connectivity index (χ1) is 13.5. The van der Waals surface area contributed by atoms with Gasteiger partial charge in [0.2, 0.25) is 5.95 Å². The molecule has 0 saturated carbocycles. The van der Waals surface area contributed by atoms with E-state index in [1.165, 1.54) is 0 Å². The highest BCUT2D eigenvalue weighted by Crippen LogP contribution is 2.24. The zero-order valence-corrected chi connectivity index (χ0v) is 16.2. The molecule has 1 aliphatic heterocycles. The zero-order chi connectivity index (χ0) is 19.7. The van der Waals surface area contributed by atoms with E-state index in [1.807, 2.05) is 39.2 Å². The molecule has 8 nitrogen and oxygen atoms in total. The van der Waals surface area contributed by atoms with Gasteiger partial charge in [-0.3, -0.25) is 4.68 Å². The number of anilines is 2. The second kappa shape index (κ2) is 7.27. The largest absolute Gasteiger partial charge is 0.364 e. The predicted octanol–water partition coefficient (Wildman–Crippen LogP) is 2.45. The van der Waals surface area contributed by atoms with Gasteiger partial charge in [-0.2, -0.15) is 10.4 Å². The van der Waals surface area contributed by atoms with Crippen LogP contribution in [0, 0.1) is 25.2 Å². The maximum absolute atomic E-state index is 9.47. The van der Waals surface area contributed by atoms with Crippen LogP contribution < -0.4 is 10.2 Å². The van der Waals surface area contributed by atoms with Crippen LogP contribution in [0.1, 0.15) is 23.2 Å². The normalized spacial score (nSPS) is 16.2. The molecular formula is C20H22N8. The lowest BCUT2D eigenvalue weighted by Gasteiger charge is -2.18. The average Bonchev–Trinajstić information content (AvgIpc) is 3.31. The number of nitriles is 1. The lowest BCUT2D eigenvalue weighted by molar-refractivity contribution is 0.768. The maximum atomic E-state index is 9.47. The van der Waals surface area contributed by atoms with E-state index in [-0.39, 0.29) is 6.04 Å². The van der Waals surface area contributed by atoms with E-state index in [4.69, 9.17) is 4.98 Å². The molecule has 1 saturated heterocycles. The second-order valence-corrected chi connectivity index (χ2v) is 7.14. The molecular weight excluding hydrogens is 352 g/mol. The Labute approximate surface area is 163 Å². The van der Waals surface area contributed by atoms with Gasteiger partial charge in [-0.15, -0.1) is 0 Å². The Bertz CT molecular complexity index is 1050.